The minimum atomic E-state index is 0.249. The standard InChI is InChI=1S/C126H90N2/c1-7-20-89(21-8-1)93-34-42-98(43-35-93)104-58-62-113(63-59-104)123-84-82-121(87-125(123)111-28-15-5-16-29-111)127(117-74-66-105(67-75-117)100-44-36-94(37-45-100)90-22-9-2-10-23-90)120-80-72-108(73-81-120)103-52-50-97(51-53-103)99-54-56-109(57-55-99)115-32-19-33-116(86-115)110-60-64-114(65-61-110)124-85-83-122(88-126(124)112-30-17-6-18-31-112)128(118-76-68-106(69-77-118)101-46-38-95(39-47-101)91-24-11-3-12-25-91)119-78-70-107(71-79-119)102-48-40-96(41-49-102)92-26-13-4-14-27-92/h1-56,58-88,109H,57H2. The van der Waals surface area contributed by atoms with Crippen molar-refractivity contribution in [2.45, 2.75) is 12.3 Å². The lowest BCUT2D eigenvalue weighted by Gasteiger charge is -2.27. The van der Waals surface area contributed by atoms with Crippen molar-refractivity contribution in [3.8, 4) is 156 Å². The molecule has 0 aromatic heterocycles. The van der Waals surface area contributed by atoms with Crippen LogP contribution in [0.15, 0.2) is 528 Å². The fourth-order valence-electron chi connectivity index (χ4n) is 18.2. The third kappa shape index (κ3) is 17.0. The summed E-state index contributed by atoms with van der Waals surface area (Å²) in [5.74, 6) is 0.249. The lowest BCUT2D eigenvalue weighted by molar-refractivity contribution is 0.857. The number of nitrogens with zero attached hydrogens (tertiary/aromatic N) is 2. The van der Waals surface area contributed by atoms with E-state index in [-0.39, 0.29) is 5.92 Å². The number of allylic oxidation sites excluding steroid dienone is 4. The van der Waals surface area contributed by atoms with Gasteiger partial charge in [-0.25, -0.2) is 0 Å². The lowest BCUT2D eigenvalue weighted by atomic mass is 9.86. The largest absolute Gasteiger partial charge is 0.310 e. The summed E-state index contributed by atoms with van der Waals surface area (Å²) in [4.78, 5) is 4.79. The first-order valence-electron chi connectivity index (χ1n) is 44.2. The van der Waals surface area contributed by atoms with E-state index in [1.807, 2.05) is 0 Å². The van der Waals surface area contributed by atoms with Crippen LogP contribution >= 0.6 is 0 Å². The molecule has 0 amide bonds. The average molecular weight is 1630 g/mol. The Hall–Kier alpha value is -16.5. The van der Waals surface area contributed by atoms with Crippen molar-refractivity contribution in [1.29, 1.82) is 0 Å². The molecule has 0 saturated carbocycles. The first-order valence-corrected chi connectivity index (χ1v) is 44.2. The van der Waals surface area contributed by atoms with Crippen LogP contribution < -0.4 is 9.80 Å². The Morgan fingerprint density at radius 2 is 0.352 bits per heavy atom. The molecule has 0 fully saturated rings. The van der Waals surface area contributed by atoms with Gasteiger partial charge >= 0.3 is 0 Å². The molecule has 0 saturated heterocycles. The Labute approximate surface area is 751 Å². The van der Waals surface area contributed by atoms with Crippen molar-refractivity contribution in [3.63, 3.8) is 0 Å². The van der Waals surface area contributed by atoms with E-state index in [1.165, 1.54) is 117 Å². The van der Waals surface area contributed by atoms with E-state index >= 15 is 0 Å². The second-order valence-corrected chi connectivity index (χ2v) is 33.0. The molecule has 0 radical (unpaired) electrons. The zero-order chi connectivity index (χ0) is 85.3. The van der Waals surface area contributed by atoms with Gasteiger partial charge in [0.2, 0.25) is 0 Å². The van der Waals surface area contributed by atoms with Crippen LogP contribution in [0.1, 0.15) is 23.5 Å². The molecule has 20 aromatic carbocycles. The molecular formula is C126H90N2. The maximum absolute atomic E-state index is 2.41. The first-order chi connectivity index (χ1) is 63.4. The fraction of sp³-hybridized carbons (Fsp3) is 0.0159. The van der Waals surface area contributed by atoms with Gasteiger partial charge in [0.05, 0.1) is 0 Å². The summed E-state index contributed by atoms with van der Waals surface area (Å²) in [5.41, 5.74) is 43.2. The third-order valence-corrected chi connectivity index (χ3v) is 25.2. The van der Waals surface area contributed by atoms with Crippen LogP contribution in [-0.2, 0) is 0 Å². The number of hydrogen-bond donors (Lipinski definition) is 0. The molecule has 0 N–H and O–H groups in total. The van der Waals surface area contributed by atoms with Gasteiger partial charge in [0, 0.05) is 40.0 Å². The van der Waals surface area contributed by atoms with Gasteiger partial charge in [-0.15, -0.1) is 0 Å². The molecule has 128 heavy (non-hydrogen) atoms. The maximum Gasteiger partial charge on any atom is 0.0468 e. The van der Waals surface area contributed by atoms with Crippen LogP contribution in [0.4, 0.5) is 34.1 Å². The minimum absolute atomic E-state index is 0.249. The second kappa shape index (κ2) is 36.1. The molecule has 0 spiro atoms. The summed E-state index contributed by atoms with van der Waals surface area (Å²) >= 11 is 0. The van der Waals surface area contributed by atoms with E-state index in [2.05, 4.69) is 538 Å². The highest BCUT2D eigenvalue weighted by molar-refractivity contribution is 5.93. The monoisotopic (exact) mass is 1630 g/mol. The molecule has 1 aliphatic carbocycles. The van der Waals surface area contributed by atoms with Crippen molar-refractivity contribution >= 4 is 39.7 Å². The van der Waals surface area contributed by atoms with Crippen LogP contribution in [0, 0.1) is 0 Å². The molecule has 0 heterocycles. The van der Waals surface area contributed by atoms with E-state index in [4.69, 9.17) is 0 Å². The highest BCUT2D eigenvalue weighted by Gasteiger charge is 2.22. The van der Waals surface area contributed by atoms with Crippen molar-refractivity contribution in [2.75, 3.05) is 9.80 Å². The highest BCUT2D eigenvalue weighted by Crippen LogP contribution is 2.47. The Balaban J connectivity index is 0.524. The zero-order valence-corrected chi connectivity index (χ0v) is 70.9. The smallest absolute Gasteiger partial charge is 0.0468 e. The zero-order valence-electron chi connectivity index (χ0n) is 70.9. The minimum Gasteiger partial charge on any atom is -0.310 e. The molecule has 1 atom stereocenters. The van der Waals surface area contributed by atoms with Gasteiger partial charge in [-0.2, -0.15) is 0 Å². The van der Waals surface area contributed by atoms with Gasteiger partial charge < -0.3 is 9.80 Å². The lowest BCUT2D eigenvalue weighted by Crippen LogP contribution is -2.10. The van der Waals surface area contributed by atoms with Crippen molar-refractivity contribution in [2.24, 2.45) is 0 Å². The van der Waals surface area contributed by atoms with Crippen molar-refractivity contribution in [1.82, 2.24) is 0 Å². The molecule has 21 rings (SSSR count). The van der Waals surface area contributed by atoms with Gasteiger partial charge in [0.25, 0.3) is 0 Å². The fourth-order valence-corrected chi connectivity index (χ4v) is 18.2. The average Bonchev–Trinajstić information content (AvgIpc) is 0.538. The maximum atomic E-state index is 2.41. The van der Waals surface area contributed by atoms with Gasteiger partial charge in [0.1, 0.15) is 0 Å². The SMILES string of the molecule is C1=CC(c2cccc(-c3ccc(-c4ccc(N(c5ccc(-c6ccc(-c7ccccc7)cc6)cc5)c5ccc(-c6ccc(-c7ccccc7)cc6)cc5)cc4-c4ccccc4)cc3)c2)CC=C1c1ccc(-c2ccc(N(c3ccc(-c4ccc(-c5ccccc5)cc4)cc3)c3ccc(-c4ccc(-c5ccc(-c6ccccc6)cc5)cc4)c(-c4ccccc4)c3)cc2)cc1. The Morgan fingerprint density at radius 3 is 0.609 bits per heavy atom. The molecule has 20 aromatic rings. The Kier molecular flexibility index (Phi) is 22.2. The van der Waals surface area contributed by atoms with Crippen LogP contribution in [0.3, 0.4) is 0 Å². The molecule has 1 unspecified atom stereocenters. The van der Waals surface area contributed by atoms with Crippen LogP contribution in [0.5, 0.6) is 0 Å². The number of benzene rings is 20. The van der Waals surface area contributed by atoms with Crippen LogP contribution in [-0.4, -0.2) is 0 Å². The van der Waals surface area contributed by atoms with Crippen LogP contribution in [0.25, 0.3) is 161 Å². The normalized spacial score (nSPS) is 12.3. The highest BCUT2D eigenvalue weighted by atomic mass is 15.1. The molecular weight excluding hydrogens is 1540 g/mol. The van der Waals surface area contributed by atoms with E-state index in [1.54, 1.807) is 0 Å². The molecule has 0 aliphatic heterocycles. The number of rotatable bonds is 22. The molecule has 2 heteroatoms. The first kappa shape index (κ1) is 78.7. The quantitative estimate of drug-likeness (QED) is 0.0667. The summed E-state index contributed by atoms with van der Waals surface area (Å²) in [6.45, 7) is 0. The Morgan fingerprint density at radius 1 is 0.148 bits per heavy atom. The molecule has 604 valence electrons. The topological polar surface area (TPSA) is 6.48 Å². The molecule has 2 nitrogen and oxygen atoms in total. The predicted molar refractivity (Wildman–Crippen MR) is 543 cm³/mol. The summed E-state index contributed by atoms with van der Waals surface area (Å²) in [7, 11) is 0. The van der Waals surface area contributed by atoms with E-state index < -0.39 is 0 Å². The predicted octanol–water partition coefficient (Wildman–Crippen LogP) is 35.1. The van der Waals surface area contributed by atoms with E-state index in [0.29, 0.717) is 0 Å². The number of anilines is 6. The molecule has 0 bridgehead atoms. The van der Waals surface area contributed by atoms with Gasteiger partial charge in [0.15, 0.2) is 0 Å². The van der Waals surface area contributed by atoms with Gasteiger partial charge in [-0.1, -0.05) is 455 Å². The van der Waals surface area contributed by atoms with Crippen molar-refractivity contribution in [3.05, 3.63) is 539 Å². The molecule has 1 aliphatic rings. The van der Waals surface area contributed by atoms with Gasteiger partial charge in [-0.05, 0) is 252 Å². The van der Waals surface area contributed by atoms with E-state index in [9.17, 15) is 0 Å². The summed E-state index contributed by atoms with van der Waals surface area (Å²) in [6, 6.07) is 186. The van der Waals surface area contributed by atoms with E-state index in [0.717, 1.165) is 96.2 Å². The van der Waals surface area contributed by atoms with Gasteiger partial charge in [-0.3, -0.25) is 0 Å². The van der Waals surface area contributed by atoms with Crippen molar-refractivity contribution < 1.29 is 0 Å². The second-order valence-electron chi connectivity index (χ2n) is 33.0. The summed E-state index contributed by atoms with van der Waals surface area (Å²) in [5, 5.41) is 0. The third-order valence-electron chi connectivity index (χ3n) is 25.2. The summed E-state index contributed by atoms with van der Waals surface area (Å²) in [6.07, 6.45) is 8.04. The number of hydrogen-bond acceptors (Lipinski definition) is 2. The summed E-state index contributed by atoms with van der Waals surface area (Å²) < 4.78 is 0. The van der Waals surface area contributed by atoms with Crippen LogP contribution in [0.2, 0.25) is 0 Å². The Bertz CT molecular complexity index is 7140.